The van der Waals surface area contributed by atoms with E-state index >= 15 is 0 Å². The summed E-state index contributed by atoms with van der Waals surface area (Å²) in [7, 11) is 0. The molecule has 0 heterocycles. The minimum absolute atomic E-state index is 0.692. The number of halogens is 1. The van der Waals surface area contributed by atoms with Crippen LogP contribution in [-0.4, -0.2) is 5.33 Å². The van der Waals surface area contributed by atoms with Crippen molar-refractivity contribution < 1.29 is 0 Å². The maximum absolute atomic E-state index is 3.86. The Morgan fingerprint density at radius 3 is 2.59 bits per heavy atom. The molecule has 4 unspecified atom stereocenters. The van der Waals surface area contributed by atoms with Gasteiger partial charge in [-0.25, -0.2) is 0 Å². The van der Waals surface area contributed by atoms with Crippen LogP contribution in [0.2, 0.25) is 0 Å². The highest BCUT2D eigenvalue weighted by atomic mass is 79.9. The van der Waals surface area contributed by atoms with Gasteiger partial charge in [-0.3, -0.25) is 0 Å². The lowest BCUT2D eigenvalue weighted by molar-refractivity contribution is 0.143. The molecule has 0 nitrogen and oxygen atoms in total. The van der Waals surface area contributed by atoms with E-state index < -0.39 is 0 Å². The fourth-order valence-electron chi connectivity index (χ4n) is 4.54. The van der Waals surface area contributed by atoms with Crippen LogP contribution in [0, 0.1) is 23.2 Å². The fourth-order valence-corrected chi connectivity index (χ4v) is 5.46. The van der Waals surface area contributed by atoms with Crippen LogP contribution in [0.1, 0.15) is 71.6 Å². The lowest BCUT2D eigenvalue weighted by atomic mass is 9.68. The molecule has 2 saturated carbocycles. The first kappa shape index (κ1) is 13.9. The molecule has 0 radical (unpaired) electrons. The van der Waals surface area contributed by atoms with Crippen molar-refractivity contribution in [2.45, 2.75) is 71.6 Å². The normalized spacial score (nSPS) is 37.6. The lowest BCUT2D eigenvalue weighted by Crippen LogP contribution is -2.32. The van der Waals surface area contributed by atoms with E-state index in [1.54, 1.807) is 6.42 Å². The lowest BCUT2D eigenvalue weighted by Gasteiger charge is -2.39. The number of unbranched alkanes of at least 4 members (excludes halogenated alkanes) is 1. The van der Waals surface area contributed by atoms with Gasteiger partial charge in [0.05, 0.1) is 0 Å². The first-order chi connectivity index (χ1) is 8.24. The highest BCUT2D eigenvalue weighted by molar-refractivity contribution is 9.09. The topological polar surface area (TPSA) is 0 Å². The van der Waals surface area contributed by atoms with Crippen molar-refractivity contribution in [3.63, 3.8) is 0 Å². The summed E-state index contributed by atoms with van der Waals surface area (Å²) in [6.07, 6.45) is 13.3. The van der Waals surface area contributed by atoms with Gasteiger partial charge in [-0.2, -0.15) is 0 Å². The molecular weight excluding hydrogens is 272 g/mol. The Balaban J connectivity index is 1.94. The van der Waals surface area contributed by atoms with Crippen LogP contribution in [0.25, 0.3) is 0 Å². The Kier molecular flexibility index (Phi) is 4.97. The van der Waals surface area contributed by atoms with E-state index in [1.165, 1.54) is 56.7 Å². The molecule has 0 amide bonds. The zero-order chi connectivity index (χ0) is 12.3. The summed E-state index contributed by atoms with van der Waals surface area (Å²) in [6, 6.07) is 0. The van der Waals surface area contributed by atoms with Crippen molar-refractivity contribution in [1.82, 2.24) is 0 Å². The Bertz CT molecular complexity index is 238. The maximum Gasteiger partial charge on any atom is 0.00908 e. The van der Waals surface area contributed by atoms with Gasteiger partial charge >= 0.3 is 0 Å². The largest absolute Gasteiger partial charge is 0.0922 e. The van der Waals surface area contributed by atoms with Gasteiger partial charge in [0.2, 0.25) is 0 Å². The zero-order valence-corrected chi connectivity index (χ0v) is 13.3. The van der Waals surface area contributed by atoms with Crippen LogP contribution in [0.15, 0.2) is 0 Å². The summed E-state index contributed by atoms with van der Waals surface area (Å²) in [5.41, 5.74) is 0.692. The summed E-state index contributed by atoms with van der Waals surface area (Å²) in [4.78, 5) is 0. The van der Waals surface area contributed by atoms with Gasteiger partial charge in [0, 0.05) is 5.33 Å². The summed E-state index contributed by atoms with van der Waals surface area (Å²) in [5, 5.41) is 1.27. The van der Waals surface area contributed by atoms with Crippen molar-refractivity contribution in [2.75, 3.05) is 5.33 Å². The Labute approximate surface area is 116 Å². The monoisotopic (exact) mass is 300 g/mol. The molecule has 0 aromatic heterocycles. The average molecular weight is 301 g/mol. The Hall–Kier alpha value is 0.480. The molecule has 2 bridgehead atoms. The Morgan fingerprint density at radius 1 is 1.29 bits per heavy atom. The van der Waals surface area contributed by atoms with Crippen LogP contribution in [0.4, 0.5) is 0 Å². The molecule has 0 aromatic carbocycles. The number of hydrogen-bond donors (Lipinski definition) is 0. The maximum atomic E-state index is 3.86. The van der Waals surface area contributed by atoms with Gasteiger partial charge < -0.3 is 0 Å². The van der Waals surface area contributed by atoms with E-state index in [2.05, 4.69) is 29.8 Å². The van der Waals surface area contributed by atoms with E-state index in [0.717, 1.165) is 17.8 Å². The third kappa shape index (κ3) is 2.91. The second-order valence-electron chi connectivity index (χ2n) is 6.70. The van der Waals surface area contributed by atoms with Crippen LogP contribution in [-0.2, 0) is 0 Å². The molecule has 4 atom stereocenters. The van der Waals surface area contributed by atoms with Gasteiger partial charge in [0.15, 0.2) is 0 Å². The molecule has 1 heteroatoms. The predicted molar refractivity (Wildman–Crippen MR) is 79.6 cm³/mol. The highest BCUT2D eigenvalue weighted by Gasteiger charge is 2.50. The van der Waals surface area contributed by atoms with Crippen molar-refractivity contribution in [2.24, 2.45) is 23.2 Å². The van der Waals surface area contributed by atoms with E-state index in [0.29, 0.717) is 5.41 Å². The summed E-state index contributed by atoms with van der Waals surface area (Å²) in [5.74, 6) is 3.13. The smallest absolute Gasteiger partial charge is 0.00908 e. The number of rotatable bonds is 7. The van der Waals surface area contributed by atoms with Crippen molar-refractivity contribution in [1.29, 1.82) is 0 Å². The molecule has 0 aromatic rings. The minimum Gasteiger partial charge on any atom is -0.0922 e. The third-order valence-electron chi connectivity index (χ3n) is 5.61. The molecule has 0 saturated heterocycles. The van der Waals surface area contributed by atoms with Gasteiger partial charge in [0.1, 0.15) is 0 Å². The van der Waals surface area contributed by atoms with E-state index in [9.17, 15) is 0 Å². The molecule has 17 heavy (non-hydrogen) atoms. The first-order valence-electron chi connectivity index (χ1n) is 7.80. The summed E-state index contributed by atoms with van der Waals surface area (Å²) in [6.45, 7) is 4.72. The molecule has 2 aliphatic rings. The third-order valence-corrected chi connectivity index (χ3v) is 6.72. The molecule has 2 aliphatic carbocycles. The van der Waals surface area contributed by atoms with Crippen LogP contribution >= 0.6 is 15.9 Å². The summed E-state index contributed by atoms with van der Waals surface area (Å²) >= 11 is 3.86. The number of alkyl halides is 1. The van der Waals surface area contributed by atoms with Gasteiger partial charge in [-0.15, -0.1) is 0 Å². The van der Waals surface area contributed by atoms with Crippen LogP contribution in [0.3, 0.4) is 0 Å². The van der Waals surface area contributed by atoms with Gasteiger partial charge in [-0.1, -0.05) is 61.9 Å². The quantitative estimate of drug-likeness (QED) is 0.522. The molecule has 0 spiro atoms. The van der Waals surface area contributed by atoms with E-state index in [1.807, 2.05) is 0 Å². The minimum atomic E-state index is 0.692. The molecule has 2 fully saturated rings. The standard InChI is InChI=1S/C16H29Br/c1-3-5-6-13(4-2)10-16(12-17)11-14-7-8-15(16)9-14/h13-15H,3-12H2,1-2H3. The Morgan fingerprint density at radius 2 is 2.12 bits per heavy atom. The van der Waals surface area contributed by atoms with Crippen molar-refractivity contribution in [3.05, 3.63) is 0 Å². The molecule has 100 valence electrons. The number of hydrogen-bond acceptors (Lipinski definition) is 0. The first-order valence-corrected chi connectivity index (χ1v) is 8.92. The van der Waals surface area contributed by atoms with Gasteiger partial charge in [0.25, 0.3) is 0 Å². The van der Waals surface area contributed by atoms with Crippen LogP contribution in [0.5, 0.6) is 0 Å². The van der Waals surface area contributed by atoms with Crippen molar-refractivity contribution in [3.8, 4) is 0 Å². The molecule has 0 aliphatic heterocycles. The second-order valence-corrected chi connectivity index (χ2v) is 7.26. The van der Waals surface area contributed by atoms with Crippen LogP contribution < -0.4 is 0 Å². The predicted octanol–water partition coefficient (Wildman–Crippen LogP) is 5.79. The molecular formula is C16H29Br. The molecule has 0 N–H and O–H groups in total. The SMILES string of the molecule is CCCCC(CC)CC1(CBr)CC2CCC1C2. The van der Waals surface area contributed by atoms with E-state index in [-0.39, 0.29) is 0 Å². The molecule has 2 rings (SSSR count). The number of fused-ring (bicyclic) bond motifs is 2. The fraction of sp³-hybridized carbons (Fsp3) is 1.00. The average Bonchev–Trinajstić information content (AvgIpc) is 2.95. The second kappa shape index (κ2) is 6.08. The van der Waals surface area contributed by atoms with Gasteiger partial charge in [-0.05, 0) is 48.9 Å². The van der Waals surface area contributed by atoms with Crippen molar-refractivity contribution >= 4 is 15.9 Å². The zero-order valence-electron chi connectivity index (χ0n) is 11.7. The summed E-state index contributed by atoms with van der Waals surface area (Å²) < 4.78 is 0. The highest BCUT2D eigenvalue weighted by Crippen LogP contribution is 2.59. The van der Waals surface area contributed by atoms with E-state index in [4.69, 9.17) is 0 Å².